The molecule has 37 heavy (non-hydrogen) atoms. The zero-order valence-corrected chi connectivity index (χ0v) is 23.7. The van der Waals surface area contributed by atoms with E-state index in [0.717, 1.165) is 22.4 Å². The Balaban J connectivity index is 0.000000284. The average molecular weight is 537 g/mol. The van der Waals surface area contributed by atoms with E-state index >= 15 is 0 Å². The van der Waals surface area contributed by atoms with E-state index in [1.807, 2.05) is 66.9 Å². The highest BCUT2D eigenvalue weighted by Gasteiger charge is 2.35. The molecule has 1 atom stereocenters. The topological polar surface area (TPSA) is 53.4 Å². The number of hydrogen-bond acceptors (Lipinski definition) is 3. The molecule has 3 aromatic rings. The fourth-order valence-electron chi connectivity index (χ4n) is 4.13. The van der Waals surface area contributed by atoms with Crippen molar-refractivity contribution in [3.05, 3.63) is 112 Å². The summed E-state index contributed by atoms with van der Waals surface area (Å²) in [5.41, 5.74) is 3.51. The van der Waals surface area contributed by atoms with Gasteiger partial charge in [0.2, 0.25) is 0 Å². The number of aryl methyl sites for hydroxylation is 1. The maximum Gasteiger partial charge on any atom is 0.127 e. The van der Waals surface area contributed by atoms with E-state index in [2.05, 4.69) is 43.1 Å². The van der Waals surface area contributed by atoms with Crippen LogP contribution in [0.15, 0.2) is 95.6 Å². The van der Waals surface area contributed by atoms with E-state index in [1.54, 1.807) is 12.1 Å². The highest BCUT2D eigenvalue weighted by molar-refractivity contribution is 7.86. The molecule has 0 radical (unpaired) electrons. The van der Waals surface area contributed by atoms with Crippen LogP contribution in [0.2, 0.25) is 5.02 Å². The number of benzene rings is 2. The van der Waals surface area contributed by atoms with Crippen molar-refractivity contribution in [1.82, 2.24) is 9.29 Å². The van der Waals surface area contributed by atoms with Crippen molar-refractivity contribution in [2.24, 2.45) is 0 Å². The zero-order chi connectivity index (χ0) is 26.8. The first-order valence-corrected chi connectivity index (χ1v) is 14.2. The summed E-state index contributed by atoms with van der Waals surface area (Å²) < 4.78 is 14.9. The van der Waals surface area contributed by atoms with Gasteiger partial charge in [0.25, 0.3) is 0 Å². The van der Waals surface area contributed by atoms with Gasteiger partial charge in [0.05, 0.1) is 16.0 Å². The Morgan fingerprint density at radius 3 is 2.38 bits per heavy atom. The van der Waals surface area contributed by atoms with Gasteiger partial charge in [0, 0.05) is 29.7 Å². The molecule has 0 bridgehead atoms. The van der Waals surface area contributed by atoms with Crippen LogP contribution in [0, 0.1) is 6.92 Å². The fraction of sp³-hybridized carbons (Fsp3) is 0.323. The monoisotopic (exact) mass is 536 g/mol. The first-order valence-electron chi connectivity index (χ1n) is 12.7. The zero-order valence-electron chi connectivity index (χ0n) is 22.2. The second-order valence-electron chi connectivity index (χ2n) is 9.49. The SMILES string of the molecule is CC/C=C/C(=C\C=C(C)C)S(=O)N1CCC(O)(c2ccc(Cl)cc2)CC1.Cc1cccc2cccnc12. The lowest BCUT2D eigenvalue weighted by Crippen LogP contribution is -2.43. The summed E-state index contributed by atoms with van der Waals surface area (Å²) >= 11 is 5.94. The van der Waals surface area contributed by atoms with Gasteiger partial charge in [-0.15, -0.1) is 0 Å². The molecule has 1 aromatic heterocycles. The van der Waals surface area contributed by atoms with Crippen molar-refractivity contribution in [2.75, 3.05) is 13.1 Å². The minimum atomic E-state index is -1.22. The van der Waals surface area contributed by atoms with Crippen molar-refractivity contribution >= 4 is 33.5 Å². The number of nitrogens with zero attached hydrogens (tertiary/aromatic N) is 2. The van der Waals surface area contributed by atoms with E-state index in [-0.39, 0.29) is 0 Å². The van der Waals surface area contributed by atoms with E-state index in [4.69, 9.17) is 11.6 Å². The second-order valence-corrected chi connectivity index (χ2v) is 11.4. The molecule has 0 spiro atoms. The minimum Gasteiger partial charge on any atom is -0.385 e. The summed E-state index contributed by atoms with van der Waals surface area (Å²) in [6.45, 7) is 9.34. The number of aromatic nitrogens is 1. The molecule has 4 rings (SSSR count). The molecule has 0 aliphatic carbocycles. The molecule has 1 N–H and O–H groups in total. The standard InChI is InChI=1S/C21H28ClNO2S.C10H9N/c1-4-5-6-20(12-7-17(2)3)26(25)23-15-13-21(24,14-16-23)18-8-10-19(22)11-9-18;1-8-4-2-5-9-6-3-7-11-10(8)9/h5-12,24H,4,13-16H2,1-3H3;2-7H,1H3/b6-5+,20-12+;. The average Bonchev–Trinajstić information content (AvgIpc) is 2.90. The normalized spacial score (nSPS) is 16.8. The van der Waals surface area contributed by atoms with Gasteiger partial charge < -0.3 is 5.11 Å². The first-order chi connectivity index (χ1) is 17.7. The van der Waals surface area contributed by atoms with Gasteiger partial charge >= 0.3 is 0 Å². The molecule has 0 amide bonds. The molecule has 0 saturated carbocycles. The summed E-state index contributed by atoms with van der Waals surface area (Å²) in [6, 6.07) is 17.6. The van der Waals surface area contributed by atoms with Crippen LogP contribution in [0.4, 0.5) is 0 Å². The van der Waals surface area contributed by atoms with Crippen molar-refractivity contribution in [2.45, 2.75) is 52.6 Å². The number of pyridine rings is 1. The predicted octanol–water partition coefficient (Wildman–Crippen LogP) is 7.65. The fourth-order valence-corrected chi connectivity index (χ4v) is 5.47. The van der Waals surface area contributed by atoms with Crippen molar-refractivity contribution in [3.8, 4) is 0 Å². The number of fused-ring (bicyclic) bond motifs is 1. The third-order valence-electron chi connectivity index (χ3n) is 6.30. The number of para-hydroxylation sites is 1. The largest absolute Gasteiger partial charge is 0.385 e. The molecule has 196 valence electrons. The Morgan fingerprint density at radius 1 is 1.08 bits per heavy atom. The van der Waals surface area contributed by atoms with Crippen LogP contribution in [-0.2, 0) is 16.6 Å². The smallest absolute Gasteiger partial charge is 0.127 e. The predicted molar refractivity (Wildman–Crippen MR) is 158 cm³/mol. The summed E-state index contributed by atoms with van der Waals surface area (Å²) in [5, 5.41) is 12.9. The van der Waals surface area contributed by atoms with Crippen LogP contribution < -0.4 is 0 Å². The number of hydrogen-bond donors (Lipinski definition) is 1. The van der Waals surface area contributed by atoms with E-state index in [9.17, 15) is 9.32 Å². The van der Waals surface area contributed by atoms with Gasteiger partial charge in [-0.3, -0.25) is 4.98 Å². The lowest BCUT2D eigenvalue weighted by Gasteiger charge is -2.37. The third-order valence-corrected chi connectivity index (χ3v) is 8.06. The first kappa shape index (κ1) is 29.0. The van der Waals surface area contributed by atoms with Crippen LogP contribution in [-0.4, -0.2) is 31.7 Å². The van der Waals surface area contributed by atoms with E-state index in [1.165, 1.54) is 16.5 Å². The van der Waals surface area contributed by atoms with E-state index < -0.39 is 16.6 Å². The molecular weight excluding hydrogens is 500 g/mol. The third kappa shape index (κ3) is 8.21. The van der Waals surface area contributed by atoms with Crippen molar-refractivity contribution in [1.29, 1.82) is 0 Å². The highest BCUT2D eigenvalue weighted by atomic mass is 35.5. The maximum absolute atomic E-state index is 13.0. The minimum absolute atomic E-state index is 0.549. The molecule has 1 aliphatic heterocycles. The Bertz CT molecular complexity index is 1280. The number of aliphatic hydroxyl groups is 1. The second kappa shape index (κ2) is 13.8. The van der Waals surface area contributed by atoms with Gasteiger partial charge in [-0.05, 0) is 81.5 Å². The van der Waals surface area contributed by atoms with Crippen molar-refractivity contribution in [3.63, 3.8) is 0 Å². The highest BCUT2D eigenvalue weighted by Crippen LogP contribution is 2.34. The van der Waals surface area contributed by atoms with Gasteiger partial charge in [0.1, 0.15) is 11.0 Å². The van der Waals surface area contributed by atoms with Crippen molar-refractivity contribution < 1.29 is 9.32 Å². The van der Waals surface area contributed by atoms with Crippen LogP contribution >= 0.6 is 11.6 Å². The van der Waals surface area contributed by atoms with Crippen LogP contribution in [0.1, 0.15) is 51.2 Å². The van der Waals surface area contributed by atoms with Gasteiger partial charge in [-0.1, -0.05) is 72.6 Å². The summed E-state index contributed by atoms with van der Waals surface area (Å²) in [6.07, 6.45) is 11.7. The summed E-state index contributed by atoms with van der Waals surface area (Å²) in [4.78, 5) is 5.08. The van der Waals surface area contributed by atoms with Gasteiger partial charge in [0.15, 0.2) is 0 Å². The van der Waals surface area contributed by atoms with Crippen LogP contribution in [0.3, 0.4) is 0 Å². The number of rotatable bonds is 6. The Morgan fingerprint density at radius 2 is 1.76 bits per heavy atom. The Hall–Kier alpha value is -2.57. The Labute approximate surface area is 229 Å². The lowest BCUT2D eigenvalue weighted by molar-refractivity contribution is -0.00871. The maximum atomic E-state index is 13.0. The molecular formula is C31H37ClN2O2S. The summed E-state index contributed by atoms with van der Waals surface area (Å²) in [7, 11) is -1.22. The molecule has 1 fully saturated rings. The summed E-state index contributed by atoms with van der Waals surface area (Å²) in [5.74, 6) is 0. The number of halogens is 1. The molecule has 1 saturated heterocycles. The Kier molecular flexibility index (Phi) is 10.8. The lowest BCUT2D eigenvalue weighted by atomic mass is 9.85. The van der Waals surface area contributed by atoms with Gasteiger partial charge in [-0.2, -0.15) is 0 Å². The van der Waals surface area contributed by atoms with Crippen LogP contribution in [0.25, 0.3) is 10.9 Å². The molecule has 1 unspecified atom stereocenters. The molecule has 2 heterocycles. The molecule has 4 nitrogen and oxygen atoms in total. The quantitative estimate of drug-likeness (QED) is 0.329. The number of allylic oxidation sites excluding steroid dienone is 5. The molecule has 6 heteroatoms. The molecule has 2 aromatic carbocycles. The number of piperidine rings is 1. The van der Waals surface area contributed by atoms with Gasteiger partial charge in [-0.25, -0.2) is 8.51 Å². The molecule has 1 aliphatic rings. The van der Waals surface area contributed by atoms with Crippen LogP contribution in [0.5, 0.6) is 0 Å². The van der Waals surface area contributed by atoms with E-state index in [0.29, 0.717) is 31.0 Å².